The van der Waals surface area contributed by atoms with E-state index in [2.05, 4.69) is 0 Å². The van der Waals surface area contributed by atoms with E-state index in [1.54, 1.807) is 52.1 Å². The van der Waals surface area contributed by atoms with Crippen LogP contribution in [0, 0.1) is 0 Å². The molecule has 0 radical (unpaired) electrons. The number of β-amino-alcohol motifs (C(OH)–C–C–N with tert-alkyl or cyclic N) is 1. The number of carbonyl (C=O) groups is 2. The van der Waals surface area contributed by atoms with E-state index in [0.29, 0.717) is 11.3 Å². The second-order valence-electron chi connectivity index (χ2n) is 8.31. The van der Waals surface area contributed by atoms with Gasteiger partial charge in [0.1, 0.15) is 12.2 Å². The highest BCUT2D eigenvalue weighted by Crippen LogP contribution is 2.38. The smallest absolute Gasteiger partial charge is 0.414 e. The van der Waals surface area contributed by atoms with Crippen LogP contribution in [-0.4, -0.2) is 47.5 Å². The first kappa shape index (κ1) is 21.6. The van der Waals surface area contributed by atoms with Gasteiger partial charge in [0.15, 0.2) is 0 Å². The Kier molecular flexibility index (Phi) is 6.31. The van der Waals surface area contributed by atoms with Crippen molar-refractivity contribution in [2.24, 2.45) is 0 Å². The van der Waals surface area contributed by atoms with Crippen LogP contribution in [0.15, 0.2) is 54.6 Å². The summed E-state index contributed by atoms with van der Waals surface area (Å²) in [6.45, 7) is 5.51. The maximum Gasteiger partial charge on any atom is 0.414 e. The number of amides is 2. The van der Waals surface area contributed by atoms with Crippen LogP contribution < -0.4 is 4.90 Å². The molecule has 1 heterocycles. The zero-order chi connectivity index (χ0) is 21.9. The molecule has 2 aromatic carbocycles. The zero-order valence-corrected chi connectivity index (χ0v) is 17.7. The number of nitrogens with zero attached hydrogens (tertiary/aromatic N) is 2. The minimum atomic E-state index is -0.998. The molecule has 3 rings (SSSR count). The Morgan fingerprint density at radius 1 is 1.10 bits per heavy atom. The number of aliphatic hydroxyl groups excluding tert-OH is 1. The van der Waals surface area contributed by atoms with Crippen molar-refractivity contribution in [3.63, 3.8) is 0 Å². The summed E-state index contributed by atoms with van der Waals surface area (Å²) in [7, 11) is 1.58. The Morgan fingerprint density at radius 2 is 1.73 bits per heavy atom. The second kappa shape index (κ2) is 8.75. The highest BCUT2D eigenvalue weighted by Gasteiger charge is 2.40. The van der Waals surface area contributed by atoms with E-state index in [4.69, 9.17) is 9.47 Å². The molecular formula is C23H28N2O5. The molecule has 0 fully saturated rings. The largest absolute Gasteiger partial charge is 0.445 e. The Morgan fingerprint density at radius 3 is 2.40 bits per heavy atom. The monoisotopic (exact) mass is 412 g/mol. The number of aliphatic hydroxyl groups is 1. The summed E-state index contributed by atoms with van der Waals surface area (Å²) >= 11 is 0. The number of hydrogen-bond donors (Lipinski definition) is 1. The van der Waals surface area contributed by atoms with Gasteiger partial charge in [-0.05, 0) is 32.4 Å². The minimum Gasteiger partial charge on any atom is -0.445 e. The molecule has 2 amide bonds. The van der Waals surface area contributed by atoms with Gasteiger partial charge in [-0.1, -0.05) is 48.5 Å². The maximum absolute atomic E-state index is 12.7. The lowest BCUT2D eigenvalue weighted by Crippen LogP contribution is -2.51. The SMILES string of the molecule is CN(C(=O)OCc1ccccc1)[C@H]1c2ccccc2N(C(=O)OC(C)(C)C)C[C@@H]1O. The van der Waals surface area contributed by atoms with Gasteiger partial charge in [0.05, 0.1) is 24.4 Å². The Balaban J connectivity index is 1.80. The van der Waals surface area contributed by atoms with E-state index in [1.807, 2.05) is 30.3 Å². The number of likely N-dealkylation sites (N-methyl/N-ethyl adjacent to an activating group) is 1. The van der Waals surface area contributed by atoms with Crippen LogP contribution in [-0.2, 0) is 16.1 Å². The van der Waals surface area contributed by atoms with E-state index < -0.39 is 29.9 Å². The zero-order valence-electron chi connectivity index (χ0n) is 17.7. The molecule has 0 saturated heterocycles. The summed E-state index contributed by atoms with van der Waals surface area (Å²) in [5.74, 6) is 0. The molecular weight excluding hydrogens is 384 g/mol. The molecule has 1 aliphatic rings. The van der Waals surface area contributed by atoms with Gasteiger partial charge in [0.2, 0.25) is 0 Å². The van der Waals surface area contributed by atoms with Gasteiger partial charge in [-0.2, -0.15) is 0 Å². The lowest BCUT2D eigenvalue weighted by molar-refractivity contribution is 0.0333. The number of para-hydroxylation sites is 1. The summed E-state index contributed by atoms with van der Waals surface area (Å²) < 4.78 is 10.9. The normalized spacial score (nSPS) is 18.4. The van der Waals surface area contributed by atoms with Gasteiger partial charge >= 0.3 is 12.2 Å². The first-order valence-corrected chi connectivity index (χ1v) is 9.88. The molecule has 0 aromatic heterocycles. The van der Waals surface area contributed by atoms with Gasteiger partial charge in [0.25, 0.3) is 0 Å². The van der Waals surface area contributed by atoms with Crippen LogP contribution >= 0.6 is 0 Å². The lowest BCUT2D eigenvalue weighted by Gasteiger charge is -2.41. The molecule has 160 valence electrons. The molecule has 7 heteroatoms. The molecule has 30 heavy (non-hydrogen) atoms. The van der Waals surface area contributed by atoms with Crippen molar-refractivity contribution in [2.45, 2.75) is 45.1 Å². The number of ether oxygens (including phenoxy) is 2. The number of hydrogen-bond acceptors (Lipinski definition) is 5. The first-order chi connectivity index (χ1) is 14.2. The minimum absolute atomic E-state index is 0.00684. The molecule has 0 aliphatic carbocycles. The predicted octanol–water partition coefficient (Wildman–Crippen LogP) is 4.11. The number of carbonyl (C=O) groups excluding carboxylic acids is 2. The summed E-state index contributed by atoms with van der Waals surface area (Å²) in [4.78, 5) is 28.1. The standard InChI is InChI=1S/C23H28N2O5/c1-23(2,3)30-22(28)25-14-19(26)20(17-12-8-9-13-18(17)25)24(4)21(27)29-15-16-10-6-5-7-11-16/h5-13,19-20,26H,14-15H2,1-4H3/t19-,20-/m0/s1. The van der Waals surface area contributed by atoms with Crippen LogP contribution in [0.2, 0.25) is 0 Å². The molecule has 2 atom stereocenters. The topological polar surface area (TPSA) is 79.3 Å². The molecule has 1 N–H and O–H groups in total. The van der Waals surface area contributed by atoms with E-state index in [0.717, 1.165) is 5.56 Å². The van der Waals surface area contributed by atoms with Crippen LogP contribution in [0.5, 0.6) is 0 Å². The fraction of sp³-hybridized carbons (Fsp3) is 0.391. The number of rotatable bonds is 3. The van der Waals surface area contributed by atoms with Crippen LogP contribution in [0.3, 0.4) is 0 Å². The summed E-state index contributed by atoms with van der Waals surface area (Å²) in [5, 5.41) is 10.8. The van der Waals surface area contributed by atoms with Crippen molar-refractivity contribution >= 4 is 17.9 Å². The van der Waals surface area contributed by atoms with Crippen molar-refractivity contribution in [1.82, 2.24) is 4.90 Å². The highest BCUT2D eigenvalue weighted by atomic mass is 16.6. The molecule has 2 aromatic rings. The Labute approximate surface area is 176 Å². The van der Waals surface area contributed by atoms with Gasteiger partial charge in [0, 0.05) is 12.6 Å². The van der Waals surface area contributed by atoms with Crippen molar-refractivity contribution in [1.29, 1.82) is 0 Å². The number of benzene rings is 2. The van der Waals surface area contributed by atoms with Crippen molar-refractivity contribution < 1.29 is 24.2 Å². The van der Waals surface area contributed by atoms with Crippen LogP contribution in [0.25, 0.3) is 0 Å². The van der Waals surface area contributed by atoms with E-state index in [9.17, 15) is 14.7 Å². The average Bonchev–Trinajstić information content (AvgIpc) is 2.70. The fourth-order valence-corrected chi connectivity index (χ4v) is 3.47. The summed E-state index contributed by atoms with van der Waals surface area (Å²) in [5.41, 5.74) is 1.47. The van der Waals surface area contributed by atoms with E-state index in [1.165, 1.54) is 9.80 Å². The Hall–Kier alpha value is -3.06. The first-order valence-electron chi connectivity index (χ1n) is 9.88. The lowest BCUT2D eigenvalue weighted by atomic mass is 9.93. The van der Waals surface area contributed by atoms with Crippen molar-refractivity contribution in [3.05, 3.63) is 65.7 Å². The summed E-state index contributed by atoms with van der Waals surface area (Å²) in [6, 6.07) is 15.9. The van der Waals surface area contributed by atoms with Gasteiger partial charge in [-0.15, -0.1) is 0 Å². The molecule has 7 nitrogen and oxygen atoms in total. The predicted molar refractivity (Wildman–Crippen MR) is 113 cm³/mol. The molecule has 1 aliphatic heterocycles. The van der Waals surface area contributed by atoms with Crippen molar-refractivity contribution in [3.8, 4) is 0 Å². The second-order valence-corrected chi connectivity index (χ2v) is 8.31. The van der Waals surface area contributed by atoms with Crippen LogP contribution in [0.4, 0.5) is 15.3 Å². The average molecular weight is 412 g/mol. The van der Waals surface area contributed by atoms with Gasteiger partial charge < -0.3 is 19.5 Å². The highest BCUT2D eigenvalue weighted by molar-refractivity contribution is 5.90. The molecule has 0 spiro atoms. The number of fused-ring (bicyclic) bond motifs is 1. The molecule has 0 bridgehead atoms. The van der Waals surface area contributed by atoms with Crippen LogP contribution in [0.1, 0.15) is 37.9 Å². The maximum atomic E-state index is 12.7. The van der Waals surface area contributed by atoms with E-state index >= 15 is 0 Å². The van der Waals surface area contributed by atoms with Gasteiger partial charge in [-0.25, -0.2) is 9.59 Å². The third-order valence-corrected chi connectivity index (χ3v) is 4.80. The summed E-state index contributed by atoms with van der Waals surface area (Å²) in [6.07, 6.45) is -2.09. The number of anilines is 1. The third-order valence-electron chi connectivity index (χ3n) is 4.80. The van der Waals surface area contributed by atoms with E-state index in [-0.39, 0.29) is 13.2 Å². The molecule has 0 unspecified atom stereocenters. The quantitative estimate of drug-likeness (QED) is 0.821. The molecule has 0 saturated carbocycles. The van der Waals surface area contributed by atoms with Gasteiger partial charge in [-0.3, -0.25) is 4.90 Å². The third kappa shape index (κ3) is 4.91. The Bertz CT molecular complexity index is 894. The van der Waals surface area contributed by atoms with Crippen molar-refractivity contribution in [2.75, 3.05) is 18.5 Å². The fourth-order valence-electron chi connectivity index (χ4n) is 3.47.